The quantitative estimate of drug-likeness (QED) is 0.261. The first kappa shape index (κ1) is 31.3. The number of amides is 1. The number of halogens is 2. The number of aromatic nitrogens is 5. The van der Waals surface area contributed by atoms with Crippen LogP contribution >= 0.6 is 11.6 Å². The van der Waals surface area contributed by atoms with E-state index in [0.29, 0.717) is 41.4 Å². The lowest BCUT2D eigenvalue weighted by atomic mass is 10.1. The van der Waals surface area contributed by atoms with Gasteiger partial charge in [-0.2, -0.15) is 4.98 Å². The topological polar surface area (TPSA) is 106 Å². The minimum absolute atomic E-state index is 0.0477. The molecular weight excluding hydrogens is 585 g/mol. The van der Waals surface area contributed by atoms with Crippen LogP contribution in [-0.2, 0) is 4.74 Å². The Kier molecular flexibility index (Phi) is 8.37. The van der Waals surface area contributed by atoms with Gasteiger partial charge in [0.2, 0.25) is 0 Å². The van der Waals surface area contributed by atoms with Crippen LogP contribution in [0.15, 0.2) is 41.5 Å². The summed E-state index contributed by atoms with van der Waals surface area (Å²) in [4.78, 5) is 49.0. The monoisotopic (exact) mass is 621 g/mol. The molecule has 0 spiro atoms. The maximum absolute atomic E-state index is 15.0. The molecule has 3 aromatic heterocycles. The minimum atomic E-state index is -0.633. The first-order valence-electron chi connectivity index (χ1n) is 14.6. The normalized spacial score (nSPS) is 17.4. The summed E-state index contributed by atoms with van der Waals surface area (Å²) in [5, 5.41) is 0.700. The summed E-state index contributed by atoms with van der Waals surface area (Å²) < 4.78 is 22.1. The lowest BCUT2D eigenvalue weighted by molar-refractivity contribution is 0.0130. The summed E-state index contributed by atoms with van der Waals surface area (Å²) in [7, 11) is 0. The molecule has 0 aliphatic carbocycles. The van der Waals surface area contributed by atoms with Gasteiger partial charge in [-0.05, 0) is 65.7 Å². The largest absolute Gasteiger partial charge is 0.444 e. The Balaban J connectivity index is 1.74. The van der Waals surface area contributed by atoms with Crippen LogP contribution in [0, 0.1) is 12.7 Å². The van der Waals surface area contributed by atoms with Gasteiger partial charge in [-0.3, -0.25) is 0 Å². The van der Waals surface area contributed by atoms with E-state index in [-0.39, 0.29) is 39.9 Å². The summed E-state index contributed by atoms with van der Waals surface area (Å²) in [6, 6.07) is 7.41. The van der Waals surface area contributed by atoms with Crippen molar-refractivity contribution in [3.05, 3.63) is 69.4 Å². The summed E-state index contributed by atoms with van der Waals surface area (Å²) in [5.41, 5.74) is 1.11. The molecule has 1 amide bonds. The zero-order chi connectivity index (χ0) is 32.1. The highest BCUT2D eigenvalue weighted by Gasteiger charge is 2.36. The Hall–Kier alpha value is -4.12. The molecule has 1 aromatic carbocycles. The second-order valence-electron chi connectivity index (χ2n) is 12.6. The molecule has 12 heteroatoms. The van der Waals surface area contributed by atoms with Crippen LogP contribution in [0.3, 0.4) is 0 Å². The first-order chi connectivity index (χ1) is 20.7. The van der Waals surface area contributed by atoms with E-state index in [4.69, 9.17) is 21.3 Å². The number of fused-ring (bicyclic) bond motifs is 1. The van der Waals surface area contributed by atoms with Crippen LogP contribution in [-0.4, -0.2) is 66.3 Å². The van der Waals surface area contributed by atoms with E-state index in [1.165, 1.54) is 17.0 Å². The molecular formula is C32H37ClFN7O3. The van der Waals surface area contributed by atoms with Gasteiger partial charge in [0.15, 0.2) is 5.65 Å². The van der Waals surface area contributed by atoms with Gasteiger partial charge in [0.1, 0.15) is 23.6 Å². The van der Waals surface area contributed by atoms with Crippen molar-refractivity contribution >= 4 is 34.5 Å². The van der Waals surface area contributed by atoms with Crippen molar-refractivity contribution in [3.8, 4) is 16.9 Å². The highest BCUT2D eigenvalue weighted by molar-refractivity contribution is 6.33. The number of carbonyl (C=O) groups excluding carboxylic acids is 1. The number of hydrogen-bond donors (Lipinski definition) is 0. The van der Waals surface area contributed by atoms with Crippen LogP contribution in [0.25, 0.3) is 28.0 Å². The van der Waals surface area contributed by atoms with Gasteiger partial charge in [0.05, 0.1) is 33.2 Å². The molecule has 0 bridgehead atoms. The fourth-order valence-corrected chi connectivity index (χ4v) is 5.80. The Morgan fingerprint density at radius 3 is 2.45 bits per heavy atom. The number of nitrogens with zero attached hydrogens (tertiary/aromatic N) is 7. The minimum Gasteiger partial charge on any atom is -0.444 e. The lowest BCUT2D eigenvalue weighted by Crippen LogP contribution is -2.59. The molecule has 1 aliphatic rings. The third kappa shape index (κ3) is 5.85. The molecule has 0 radical (unpaired) electrons. The number of pyridine rings is 1. The number of benzene rings is 1. The molecule has 1 fully saturated rings. The maximum Gasteiger partial charge on any atom is 0.410 e. The molecule has 5 rings (SSSR count). The van der Waals surface area contributed by atoms with Gasteiger partial charge in [-0.1, -0.05) is 37.6 Å². The Bertz CT molecular complexity index is 1800. The number of hydrogen-bond acceptors (Lipinski definition) is 8. The number of anilines is 1. The highest BCUT2D eigenvalue weighted by atomic mass is 35.5. The number of rotatable bonds is 4. The SMILES string of the molecule is Cc1ncnc(C(C)C)c1-n1c(=O)nc(N2C[C@@H](C)N(C(=O)OC(C)(C)C)C[C@@H]2C)c2cc(Cl)c(-c3ccccc3F)nc21. The molecule has 0 N–H and O–H groups in total. The van der Waals surface area contributed by atoms with E-state index in [1.807, 2.05) is 53.4 Å². The number of ether oxygens (including phenoxy) is 1. The molecule has 1 saturated heterocycles. The zero-order valence-corrected chi connectivity index (χ0v) is 27.0. The van der Waals surface area contributed by atoms with Gasteiger partial charge in [-0.25, -0.2) is 33.5 Å². The molecule has 4 aromatic rings. The van der Waals surface area contributed by atoms with Crippen molar-refractivity contribution in [2.24, 2.45) is 0 Å². The molecule has 10 nitrogen and oxygen atoms in total. The molecule has 4 heterocycles. The van der Waals surface area contributed by atoms with Gasteiger partial charge in [0, 0.05) is 30.7 Å². The van der Waals surface area contributed by atoms with E-state index in [0.717, 1.165) is 0 Å². The van der Waals surface area contributed by atoms with E-state index in [1.54, 1.807) is 36.1 Å². The van der Waals surface area contributed by atoms with E-state index in [2.05, 4.69) is 15.0 Å². The van der Waals surface area contributed by atoms with Crippen LogP contribution in [0.4, 0.5) is 15.0 Å². The highest BCUT2D eigenvalue weighted by Crippen LogP contribution is 2.36. The third-order valence-electron chi connectivity index (χ3n) is 7.62. The lowest BCUT2D eigenvalue weighted by Gasteiger charge is -2.44. The number of piperazine rings is 1. The Morgan fingerprint density at radius 2 is 1.80 bits per heavy atom. The summed E-state index contributed by atoms with van der Waals surface area (Å²) in [6.45, 7) is 15.8. The number of carbonyl (C=O) groups is 1. The van der Waals surface area contributed by atoms with Crippen LogP contribution in [0.1, 0.15) is 65.8 Å². The standard InChI is InChI=1S/C32H37ClFN7O3/c1-17(2)25-27(20(5)35-16-36-25)41-29-22(13-23(33)26(37-29)21-11-9-10-12-24(21)34)28(38-30(41)42)39-14-19(4)40(15-18(39)3)31(43)44-32(6,7)8/h9-13,16-19H,14-15H2,1-8H3/t18-,19+/m0/s1. The van der Waals surface area contributed by atoms with Crippen molar-refractivity contribution in [2.45, 2.75) is 79.0 Å². The predicted octanol–water partition coefficient (Wildman–Crippen LogP) is 6.30. The van der Waals surface area contributed by atoms with E-state index < -0.39 is 23.2 Å². The number of aryl methyl sites for hydroxylation is 1. The van der Waals surface area contributed by atoms with E-state index in [9.17, 15) is 9.59 Å². The van der Waals surface area contributed by atoms with Crippen molar-refractivity contribution in [1.82, 2.24) is 29.4 Å². The third-order valence-corrected chi connectivity index (χ3v) is 7.91. The average molecular weight is 622 g/mol. The van der Waals surface area contributed by atoms with Gasteiger partial charge in [0.25, 0.3) is 0 Å². The Morgan fingerprint density at radius 1 is 1.09 bits per heavy atom. The second kappa shape index (κ2) is 11.8. The summed E-state index contributed by atoms with van der Waals surface area (Å²) in [5.74, 6) is -0.166. The molecule has 44 heavy (non-hydrogen) atoms. The molecule has 2 atom stereocenters. The summed E-state index contributed by atoms with van der Waals surface area (Å²) in [6.07, 6.45) is 1.07. The van der Waals surface area contributed by atoms with Crippen LogP contribution < -0.4 is 10.6 Å². The maximum atomic E-state index is 15.0. The molecule has 0 unspecified atom stereocenters. The second-order valence-corrected chi connectivity index (χ2v) is 13.0. The van der Waals surface area contributed by atoms with Crippen molar-refractivity contribution in [3.63, 3.8) is 0 Å². The average Bonchev–Trinajstić information content (AvgIpc) is 2.93. The molecule has 1 aliphatic heterocycles. The smallest absolute Gasteiger partial charge is 0.410 e. The van der Waals surface area contributed by atoms with Crippen molar-refractivity contribution in [1.29, 1.82) is 0 Å². The van der Waals surface area contributed by atoms with Gasteiger partial charge in [-0.15, -0.1) is 0 Å². The van der Waals surface area contributed by atoms with Crippen LogP contribution in [0.2, 0.25) is 5.02 Å². The van der Waals surface area contributed by atoms with Crippen molar-refractivity contribution < 1.29 is 13.9 Å². The van der Waals surface area contributed by atoms with Crippen LogP contribution in [0.5, 0.6) is 0 Å². The predicted molar refractivity (Wildman–Crippen MR) is 169 cm³/mol. The van der Waals surface area contributed by atoms with Gasteiger partial charge < -0.3 is 14.5 Å². The van der Waals surface area contributed by atoms with Gasteiger partial charge >= 0.3 is 11.8 Å². The zero-order valence-electron chi connectivity index (χ0n) is 26.2. The fourth-order valence-electron chi connectivity index (χ4n) is 5.55. The van der Waals surface area contributed by atoms with E-state index >= 15 is 4.39 Å². The first-order valence-corrected chi connectivity index (χ1v) is 15.0. The summed E-state index contributed by atoms with van der Waals surface area (Å²) >= 11 is 6.81. The molecule has 0 saturated carbocycles. The fraction of sp³-hybridized carbons (Fsp3) is 0.438. The Labute approximate surface area is 260 Å². The van der Waals surface area contributed by atoms with Crippen molar-refractivity contribution in [2.75, 3.05) is 18.0 Å². The molecule has 232 valence electrons.